The predicted molar refractivity (Wildman–Crippen MR) is 235 cm³/mol. The number of fused-ring (bicyclic) bond motifs is 6. The van der Waals surface area contributed by atoms with Gasteiger partial charge in [-0.05, 0) is 102 Å². The summed E-state index contributed by atoms with van der Waals surface area (Å²) < 4.78 is 0. The Bertz CT molecular complexity index is 2170. The molecular formula is C50H64O2S. The van der Waals surface area contributed by atoms with E-state index in [9.17, 15) is 9.59 Å². The van der Waals surface area contributed by atoms with Crippen molar-refractivity contribution in [1.29, 1.82) is 0 Å². The third-order valence-electron chi connectivity index (χ3n) is 12.0. The first-order valence-electron chi connectivity index (χ1n) is 21.6. The maximum absolute atomic E-state index is 14.8. The molecule has 0 N–H and O–H groups in total. The van der Waals surface area contributed by atoms with Crippen LogP contribution in [0.2, 0.25) is 0 Å². The number of hydrogen-bond acceptors (Lipinski definition) is 3. The first kappa shape index (κ1) is 39.4. The SMILES string of the molecule is CCCCCCCCCCCCc1c2c(=O)c3cc(-c4ccc(C)s4)ccc3c2c(CCCCCCCCCCCC)c2c(=O)c3cc(C)ccc3c12. The number of benzene rings is 3. The Morgan fingerprint density at radius 1 is 0.434 bits per heavy atom. The molecule has 6 aromatic rings. The molecule has 0 saturated carbocycles. The third-order valence-corrected chi connectivity index (χ3v) is 13.0. The largest absolute Gasteiger partial charge is 0.289 e. The summed E-state index contributed by atoms with van der Waals surface area (Å²) in [6, 6.07) is 17.3. The van der Waals surface area contributed by atoms with E-state index < -0.39 is 0 Å². The minimum Gasteiger partial charge on any atom is -0.289 e. The van der Waals surface area contributed by atoms with Gasteiger partial charge in [0, 0.05) is 31.3 Å². The Morgan fingerprint density at radius 3 is 1.32 bits per heavy atom. The maximum Gasteiger partial charge on any atom is 0.194 e. The number of thiophene rings is 1. The van der Waals surface area contributed by atoms with Gasteiger partial charge in [-0.1, -0.05) is 159 Å². The van der Waals surface area contributed by atoms with Crippen LogP contribution in [0.5, 0.6) is 0 Å². The zero-order valence-corrected chi connectivity index (χ0v) is 34.2. The summed E-state index contributed by atoms with van der Waals surface area (Å²) in [6.45, 7) is 8.78. The van der Waals surface area contributed by atoms with E-state index in [1.807, 2.05) is 0 Å². The molecule has 0 fully saturated rings. The fourth-order valence-corrected chi connectivity index (χ4v) is 9.92. The van der Waals surface area contributed by atoms with Crippen molar-refractivity contribution in [2.75, 3.05) is 0 Å². The van der Waals surface area contributed by atoms with Gasteiger partial charge in [0.2, 0.25) is 0 Å². The van der Waals surface area contributed by atoms with E-state index in [1.54, 1.807) is 11.3 Å². The van der Waals surface area contributed by atoms with Crippen LogP contribution < -0.4 is 10.9 Å². The van der Waals surface area contributed by atoms with E-state index in [0.29, 0.717) is 0 Å². The highest BCUT2D eigenvalue weighted by molar-refractivity contribution is 7.15. The van der Waals surface area contributed by atoms with Gasteiger partial charge in [-0.3, -0.25) is 9.59 Å². The third kappa shape index (κ3) is 9.16. The monoisotopic (exact) mass is 728 g/mol. The van der Waals surface area contributed by atoms with Crippen molar-refractivity contribution in [3.63, 3.8) is 0 Å². The zero-order chi connectivity index (χ0) is 37.2. The molecule has 0 atom stereocenters. The topological polar surface area (TPSA) is 34.1 Å². The molecule has 3 heteroatoms. The van der Waals surface area contributed by atoms with Crippen LogP contribution in [0.4, 0.5) is 0 Å². The van der Waals surface area contributed by atoms with Crippen LogP contribution in [0, 0.1) is 13.8 Å². The molecule has 6 rings (SSSR count). The Hall–Kier alpha value is -3.30. The van der Waals surface area contributed by atoms with Crippen molar-refractivity contribution in [3.8, 4) is 10.4 Å². The van der Waals surface area contributed by atoms with Crippen molar-refractivity contribution in [2.45, 2.75) is 169 Å². The second-order valence-corrected chi connectivity index (χ2v) is 17.5. The summed E-state index contributed by atoms with van der Waals surface area (Å²) in [5.41, 5.74) is 4.81. The standard InChI is InChI=1S/C50H64O2S/c1-5-7-9-11-13-15-17-19-21-23-25-40-45-38-30-27-35(3)33-42(38)49(51)47(45)41(26-24-22-20-18-16-14-12-10-8-6-2)46-39-31-29-37(44-32-28-36(4)53-44)34-43(39)50(52)48(40)46/h27-34H,5-26H2,1-4H3. The molecule has 0 aliphatic heterocycles. The van der Waals surface area contributed by atoms with Crippen LogP contribution in [0.25, 0.3) is 53.5 Å². The van der Waals surface area contributed by atoms with Gasteiger partial charge in [-0.15, -0.1) is 11.3 Å². The molecule has 282 valence electrons. The lowest BCUT2D eigenvalue weighted by Gasteiger charge is -2.13. The fourth-order valence-electron chi connectivity index (χ4n) is 9.05. The van der Waals surface area contributed by atoms with Crippen LogP contribution in [0.15, 0.2) is 58.1 Å². The van der Waals surface area contributed by atoms with Gasteiger partial charge < -0.3 is 0 Å². The van der Waals surface area contributed by atoms with Gasteiger partial charge in [-0.25, -0.2) is 0 Å². The molecular weight excluding hydrogens is 665 g/mol. The van der Waals surface area contributed by atoms with E-state index in [-0.39, 0.29) is 10.9 Å². The normalized spacial score (nSPS) is 12.1. The van der Waals surface area contributed by atoms with Gasteiger partial charge in [0.05, 0.1) is 0 Å². The quantitative estimate of drug-likeness (QED) is 0.0616. The van der Waals surface area contributed by atoms with Crippen LogP contribution in [-0.2, 0) is 12.8 Å². The van der Waals surface area contributed by atoms with E-state index in [1.165, 1.54) is 112 Å². The fraction of sp³-hybridized carbons (Fsp3) is 0.520. The molecule has 0 aliphatic carbocycles. The Kier molecular flexibility index (Phi) is 14.4. The first-order valence-corrected chi connectivity index (χ1v) is 22.4. The molecule has 5 aromatic carbocycles. The molecule has 1 heterocycles. The predicted octanol–water partition coefficient (Wildman–Crippen LogP) is 15.2. The summed E-state index contributed by atoms with van der Waals surface area (Å²) in [5, 5.41) is 7.69. The number of unbranched alkanes of at least 4 members (excludes halogenated alkanes) is 18. The minimum absolute atomic E-state index is 0.160. The lowest BCUT2D eigenvalue weighted by atomic mass is 9.89. The first-order chi connectivity index (χ1) is 25.9. The van der Waals surface area contributed by atoms with Crippen molar-refractivity contribution in [2.24, 2.45) is 0 Å². The van der Waals surface area contributed by atoms with Gasteiger partial charge >= 0.3 is 0 Å². The second-order valence-electron chi connectivity index (χ2n) is 16.2. The van der Waals surface area contributed by atoms with Crippen molar-refractivity contribution in [3.05, 3.63) is 90.5 Å². The van der Waals surface area contributed by atoms with Crippen molar-refractivity contribution >= 4 is 54.4 Å². The Labute approximate surface area is 323 Å². The lowest BCUT2D eigenvalue weighted by molar-refractivity contribution is 0.556. The summed E-state index contributed by atoms with van der Waals surface area (Å²) in [7, 11) is 0. The van der Waals surface area contributed by atoms with Gasteiger partial charge in [0.1, 0.15) is 0 Å². The van der Waals surface area contributed by atoms with E-state index in [4.69, 9.17) is 0 Å². The smallest absolute Gasteiger partial charge is 0.194 e. The molecule has 0 radical (unpaired) electrons. The number of hydrogen-bond donors (Lipinski definition) is 0. The van der Waals surface area contributed by atoms with Crippen molar-refractivity contribution in [1.82, 2.24) is 0 Å². The maximum atomic E-state index is 14.8. The van der Waals surface area contributed by atoms with Crippen LogP contribution in [0.3, 0.4) is 0 Å². The summed E-state index contributed by atoms with van der Waals surface area (Å²) in [6.07, 6.45) is 27.3. The molecule has 0 saturated heterocycles. The molecule has 0 aliphatic rings. The lowest BCUT2D eigenvalue weighted by Crippen LogP contribution is -2.05. The van der Waals surface area contributed by atoms with Crippen LogP contribution in [-0.4, -0.2) is 0 Å². The number of aryl methyl sites for hydroxylation is 4. The average molecular weight is 729 g/mol. The highest BCUT2D eigenvalue weighted by atomic mass is 32.1. The highest BCUT2D eigenvalue weighted by Gasteiger charge is 2.26. The second kappa shape index (κ2) is 19.3. The molecule has 53 heavy (non-hydrogen) atoms. The van der Waals surface area contributed by atoms with Crippen molar-refractivity contribution < 1.29 is 0 Å². The highest BCUT2D eigenvalue weighted by Crippen LogP contribution is 2.42. The minimum atomic E-state index is 0.160. The van der Waals surface area contributed by atoms with Gasteiger partial charge in [0.15, 0.2) is 10.9 Å². The molecule has 2 nitrogen and oxygen atoms in total. The van der Waals surface area contributed by atoms with Gasteiger partial charge in [0.25, 0.3) is 0 Å². The van der Waals surface area contributed by atoms with E-state index in [2.05, 4.69) is 76.2 Å². The summed E-state index contributed by atoms with van der Waals surface area (Å²) in [5.74, 6) is 0. The summed E-state index contributed by atoms with van der Waals surface area (Å²) >= 11 is 1.78. The Morgan fingerprint density at radius 2 is 0.868 bits per heavy atom. The molecule has 0 unspecified atom stereocenters. The Balaban J connectivity index is 1.37. The van der Waals surface area contributed by atoms with E-state index >= 15 is 0 Å². The zero-order valence-electron chi connectivity index (χ0n) is 33.4. The molecule has 0 bridgehead atoms. The average Bonchev–Trinajstić information content (AvgIpc) is 3.82. The number of rotatable bonds is 23. The molecule has 0 amide bonds. The van der Waals surface area contributed by atoms with Gasteiger partial charge in [-0.2, -0.15) is 0 Å². The van der Waals surface area contributed by atoms with E-state index in [0.717, 1.165) is 104 Å². The van der Waals surface area contributed by atoms with Crippen LogP contribution in [0.1, 0.15) is 164 Å². The molecule has 0 spiro atoms. The van der Waals surface area contributed by atoms with Crippen LogP contribution >= 0.6 is 11.3 Å². The summed E-state index contributed by atoms with van der Waals surface area (Å²) in [4.78, 5) is 31.9. The molecule has 1 aromatic heterocycles.